The molecule has 0 bridgehead atoms. The molecular weight excluding hydrogens is 164 g/mol. The van der Waals surface area contributed by atoms with E-state index < -0.39 is 0 Å². The van der Waals surface area contributed by atoms with Gasteiger partial charge in [0.25, 0.3) is 0 Å². The molecule has 70 valence electrons. The summed E-state index contributed by atoms with van der Waals surface area (Å²) in [6.07, 6.45) is 4.96. The van der Waals surface area contributed by atoms with E-state index in [0.717, 1.165) is 17.8 Å². The zero-order chi connectivity index (χ0) is 9.42. The number of nitrogens with zero attached hydrogens (tertiary/aromatic N) is 2. The van der Waals surface area contributed by atoms with Gasteiger partial charge >= 0.3 is 0 Å². The summed E-state index contributed by atoms with van der Waals surface area (Å²) in [5.74, 6) is 1.44. The van der Waals surface area contributed by atoms with E-state index in [-0.39, 0.29) is 0 Å². The summed E-state index contributed by atoms with van der Waals surface area (Å²) in [4.78, 5) is 15.0. The summed E-state index contributed by atoms with van der Waals surface area (Å²) in [5, 5.41) is 0. The summed E-state index contributed by atoms with van der Waals surface area (Å²) in [5.41, 5.74) is 0.728. The van der Waals surface area contributed by atoms with E-state index in [1.807, 2.05) is 0 Å². The minimum atomic E-state index is 0.397. The number of imidazole rings is 1. The Bertz CT molecular complexity index is 324. The summed E-state index contributed by atoms with van der Waals surface area (Å²) < 4.78 is 2.09. The fraction of sp³-hybridized carbons (Fsp3) is 0.600. The SMILES string of the molecule is CC(C)c1ncc(C=O)n1C1CC1. The molecule has 0 aliphatic heterocycles. The highest BCUT2D eigenvalue weighted by Crippen LogP contribution is 2.38. The van der Waals surface area contributed by atoms with E-state index in [2.05, 4.69) is 23.4 Å². The molecule has 0 saturated heterocycles. The molecule has 3 nitrogen and oxygen atoms in total. The zero-order valence-corrected chi connectivity index (χ0v) is 8.03. The van der Waals surface area contributed by atoms with Gasteiger partial charge in [0.1, 0.15) is 11.5 Å². The molecule has 0 N–H and O–H groups in total. The fourth-order valence-electron chi connectivity index (χ4n) is 1.63. The Balaban J connectivity index is 2.44. The first-order valence-corrected chi connectivity index (χ1v) is 4.76. The molecule has 1 aliphatic rings. The van der Waals surface area contributed by atoms with Gasteiger partial charge in [-0.2, -0.15) is 0 Å². The van der Waals surface area contributed by atoms with Crippen molar-refractivity contribution in [2.24, 2.45) is 0 Å². The van der Waals surface area contributed by atoms with Gasteiger partial charge in [-0.3, -0.25) is 4.79 Å². The van der Waals surface area contributed by atoms with Gasteiger partial charge in [-0.05, 0) is 12.8 Å². The Kier molecular flexibility index (Phi) is 1.94. The summed E-state index contributed by atoms with van der Waals surface area (Å²) in [7, 11) is 0. The number of aldehydes is 1. The fourth-order valence-corrected chi connectivity index (χ4v) is 1.63. The van der Waals surface area contributed by atoms with Crippen LogP contribution in [0.15, 0.2) is 6.20 Å². The van der Waals surface area contributed by atoms with Crippen LogP contribution in [0.3, 0.4) is 0 Å². The largest absolute Gasteiger partial charge is 0.323 e. The third kappa shape index (κ3) is 1.39. The molecule has 1 heterocycles. The van der Waals surface area contributed by atoms with Gasteiger partial charge in [0.05, 0.1) is 6.20 Å². The van der Waals surface area contributed by atoms with Crippen molar-refractivity contribution >= 4 is 6.29 Å². The van der Waals surface area contributed by atoms with Gasteiger partial charge in [0, 0.05) is 12.0 Å². The molecule has 0 unspecified atom stereocenters. The van der Waals surface area contributed by atoms with Gasteiger partial charge < -0.3 is 4.57 Å². The van der Waals surface area contributed by atoms with E-state index >= 15 is 0 Å². The first-order chi connectivity index (χ1) is 6.24. The Labute approximate surface area is 77.8 Å². The minimum absolute atomic E-state index is 0.397. The van der Waals surface area contributed by atoms with Gasteiger partial charge in [0.15, 0.2) is 6.29 Å². The predicted molar refractivity (Wildman–Crippen MR) is 50.0 cm³/mol. The van der Waals surface area contributed by atoms with Crippen LogP contribution in [-0.2, 0) is 0 Å². The standard InChI is InChI=1S/C10H14N2O/c1-7(2)10-11-5-9(6-13)12(10)8-3-4-8/h5-8H,3-4H2,1-2H3. The van der Waals surface area contributed by atoms with E-state index in [1.54, 1.807) is 6.20 Å². The van der Waals surface area contributed by atoms with Gasteiger partial charge in [-0.1, -0.05) is 13.8 Å². The highest BCUT2D eigenvalue weighted by molar-refractivity contribution is 5.72. The lowest BCUT2D eigenvalue weighted by atomic mass is 10.2. The van der Waals surface area contributed by atoms with Crippen molar-refractivity contribution in [2.75, 3.05) is 0 Å². The lowest BCUT2D eigenvalue weighted by molar-refractivity contribution is 0.111. The van der Waals surface area contributed by atoms with Crippen molar-refractivity contribution in [3.8, 4) is 0 Å². The Morgan fingerprint density at radius 1 is 1.62 bits per heavy atom. The minimum Gasteiger partial charge on any atom is -0.323 e. The van der Waals surface area contributed by atoms with Crippen LogP contribution in [0, 0.1) is 0 Å². The molecule has 1 aromatic rings. The number of hydrogen-bond acceptors (Lipinski definition) is 2. The summed E-state index contributed by atoms with van der Waals surface area (Å²) in [6.45, 7) is 4.21. The van der Waals surface area contributed by atoms with Crippen molar-refractivity contribution in [3.05, 3.63) is 17.7 Å². The zero-order valence-electron chi connectivity index (χ0n) is 8.03. The molecule has 1 aromatic heterocycles. The molecule has 0 atom stereocenters. The molecule has 3 heteroatoms. The normalized spacial score (nSPS) is 16.5. The van der Waals surface area contributed by atoms with Crippen molar-refractivity contribution in [1.82, 2.24) is 9.55 Å². The molecule has 13 heavy (non-hydrogen) atoms. The van der Waals surface area contributed by atoms with Crippen molar-refractivity contribution < 1.29 is 4.79 Å². The second-order valence-electron chi connectivity index (χ2n) is 3.91. The van der Waals surface area contributed by atoms with Gasteiger partial charge in [0.2, 0.25) is 0 Å². The maximum atomic E-state index is 10.7. The van der Waals surface area contributed by atoms with Crippen LogP contribution in [-0.4, -0.2) is 15.8 Å². The number of rotatable bonds is 3. The average molecular weight is 178 g/mol. The van der Waals surface area contributed by atoms with Crippen LogP contribution in [0.4, 0.5) is 0 Å². The van der Waals surface area contributed by atoms with Crippen molar-refractivity contribution in [3.63, 3.8) is 0 Å². The first kappa shape index (κ1) is 8.48. The molecule has 0 amide bonds. The van der Waals surface area contributed by atoms with Crippen molar-refractivity contribution in [1.29, 1.82) is 0 Å². The molecule has 0 aromatic carbocycles. The van der Waals surface area contributed by atoms with Crippen LogP contribution in [0.2, 0.25) is 0 Å². The molecule has 1 saturated carbocycles. The second-order valence-corrected chi connectivity index (χ2v) is 3.91. The summed E-state index contributed by atoms with van der Waals surface area (Å²) >= 11 is 0. The lowest BCUT2D eigenvalue weighted by Crippen LogP contribution is -2.06. The maximum absolute atomic E-state index is 10.7. The van der Waals surface area contributed by atoms with Crippen LogP contribution < -0.4 is 0 Å². The predicted octanol–water partition coefficient (Wildman–Crippen LogP) is 2.15. The van der Waals surface area contributed by atoms with E-state index in [9.17, 15) is 4.79 Å². The molecule has 1 fully saturated rings. The Morgan fingerprint density at radius 3 is 2.77 bits per heavy atom. The van der Waals surface area contributed by atoms with Gasteiger partial charge in [-0.15, -0.1) is 0 Å². The van der Waals surface area contributed by atoms with E-state index in [4.69, 9.17) is 0 Å². The Hall–Kier alpha value is -1.12. The third-order valence-electron chi connectivity index (χ3n) is 2.40. The number of aromatic nitrogens is 2. The molecule has 2 rings (SSSR count). The van der Waals surface area contributed by atoms with Crippen molar-refractivity contribution in [2.45, 2.75) is 38.6 Å². The third-order valence-corrected chi connectivity index (χ3v) is 2.40. The van der Waals surface area contributed by atoms with E-state index in [0.29, 0.717) is 12.0 Å². The number of carbonyl (C=O) groups excluding carboxylic acids is 1. The lowest BCUT2D eigenvalue weighted by Gasteiger charge is -2.09. The van der Waals surface area contributed by atoms with E-state index in [1.165, 1.54) is 12.8 Å². The highest BCUT2D eigenvalue weighted by atomic mass is 16.1. The second kappa shape index (κ2) is 2.98. The highest BCUT2D eigenvalue weighted by Gasteiger charge is 2.28. The van der Waals surface area contributed by atoms with Gasteiger partial charge in [-0.25, -0.2) is 4.98 Å². The first-order valence-electron chi connectivity index (χ1n) is 4.76. The Morgan fingerprint density at radius 2 is 2.31 bits per heavy atom. The average Bonchev–Trinajstić information content (AvgIpc) is 2.84. The molecule has 1 aliphatic carbocycles. The maximum Gasteiger partial charge on any atom is 0.168 e. The van der Waals surface area contributed by atoms with Crippen LogP contribution >= 0.6 is 0 Å². The monoisotopic (exact) mass is 178 g/mol. The number of carbonyl (C=O) groups is 1. The van der Waals surface area contributed by atoms with Crippen LogP contribution in [0.5, 0.6) is 0 Å². The van der Waals surface area contributed by atoms with Crippen LogP contribution in [0.25, 0.3) is 0 Å². The summed E-state index contributed by atoms with van der Waals surface area (Å²) in [6, 6.07) is 0.542. The number of hydrogen-bond donors (Lipinski definition) is 0. The molecule has 0 radical (unpaired) electrons. The van der Waals surface area contributed by atoms with Crippen LogP contribution in [0.1, 0.15) is 55.0 Å². The quantitative estimate of drug-likeness (QED) is 0.665. The topological polar surface area (TPSA) is 34.9 Å². The molecular formula is C10H14N2O. The molecule has 0 spiro atoms. The smallest absolute Gasteiger partial charge is 0.168 e.